The third-order valence-corrected chi connectivity index (χ3v) is 7.46. The smallest absolute Gasteiger partial charge is 0.163 e. The largest absolute Gasteiger partial charge is 0.396 e. The van der Waals surface area contributed by atoms with Crippen molar-refractivity contribution in [2.24, 2.45) is 0 Å². The molecule has 0 bridgehead atoms. The van der Waals surface area contributed by atoms with E-state index < -0.39 is 17.4 Å². The van der Waals surface area contributed by atoms with E-state index in [1.54, 1.807) is 0 Å². The summed E-state index contributed by atoms with van der Waals surface area (Å²) in [5.74, 6) is -1.30. The molecular formula is C33H64O9. The fourth-order valence-electron chi connectivity index (χ4n) is 5.15. The molecule has 250 valence electrons. The number of ether oxygens (including phenoxy) is 6. The molecule has 0 spiro atoms. The van der Waals surface area contributed by atoms with E-state index in [2.05, 4.69) is 6.92 Å². The van der Waals surface area contributed by atoms with Crippen molar-refractivity contribution in [1.29, 1.82) is 0 Å². The minimum Gasteiger partial charge on any atom is -0.396 e. The predicted molar refractivity (Wildman–Crippen MR) is 164 cm³/mol. The van der Waals surface area contributed by atoms with Gasteiger partial charge in [-0.1, -0.05) is 51.9 Å². The van der Waals surface area contributed by atoms with Crippen molar-refractivity contribution >= 4 is 6.29 Å². The first kappa shape index (κ1) is 39.4. The maximum Gasteiger partial charge on any atom is 0.163 e. The van der Waals surface area contributed by atoms with E-state index in [9.17, 15) is 9.90 Å². The van der Waals surface area contributed by atoms with Crippen LogP contribution < -0.4 is 0 Å². The second kappa shape index (κ2) is 21.2. The van der Waals surface area contributed by atoms with Gasteiger partial charge in [-0.3, -0.25) is 0 Å². The highest BCUT2D eigenvalue weighted by Gasteiger charge is 2.33. The lowest BCUT2D eigenvalue weighted by molar-refractivity contribution is -0.140. The van der Waals surface area contributed by atoms with Crippen LogP contribution in [0.1, 0.15) is 138 Å². The van der Waals surface area contributed by atoms with Crippen LogP contribution in [0, 0.1) is 0 Å². The number of carbonyl (C=O) groups excluding carboxylic acids is 1. The molecular weight excluding hydrogens is 540 g/mol. The highest BCUT2D eigenvalue weighted by Crippen LogP contribution is 2.26. The van der Waals surface area contributed by atoms with Crippen LogP contribution in [0.2, 0.25) is 0 Å². The zero-order valence-corrected chi connectivity index (χ0v) is 27.9. The monoisotopic (exact) mass is 604 g/mol. The molecule has 9 heteroatoms. The maximum atomic E-state index is 10.0. The summed E-state index contributed by atoms with van der Waals surface area (Å²) >= 11 is 0. The molecule has 0 radical (unpaired) electrons. The lowest BCUT2D eigenvalue weighted by Crippen LogP contribution is -2.22. The van der Waals surface area contributed by atoms with Crippen molar-refractivity contribution in [2.75, 3.05) is 26.4 Å². The van der Waals surface area contributed by atoms with Crippen molar-refractivity contribution in [3.8, 4) is 0 Å². The van der Waals surface area contributed by atoms with E-state index >= 15 is 0 Å². The Bertz CT molecular complexity index is 682. The molecule has 9 nitrogen and oxygen atoms in total. The molecule has 3 aliphatic heterocycles. The number of hydrogen-bond acceptors (Lipinski definition) is 9. The molecule has 0 aromatic heterocycles. The molecule has 3 fully saturated rings. The summed E-state index contributed by atoms with van der Waals surface area (Å²) in [6.45, 7) is 15.9. The number of aliphatic hydroxyl groups is 2. The summed E-state index contributed by atoms with van der Waals surface area (Å²) in [7, 11) is 0. The van der Waals surface area contributed by atoms with Gasteiger partial charge in [0.2, 0.25) is 0 Å². The van der Waals surface area contributed by atoms with Gasteiger partial charge in [0.1, 0.15) is 6.29 Å². The van der Waals surface area contributed by atoms with Gasteiger partial charge in [0.25, 0.3) is 0 Å². The number of hydrogen-bond donors (Lipinski definition) is 2. The van der Waals surface area contributed by atoms with E-state index in [-0.39, 0.29) is 31.0 Å². The lowest BCUT2D eigenvalue weighted by Gasteiger charge is -2.18. The van der Waals surface area contributed by atoms with Crippen molar-refractivity contribution in [1.82, 2.24) is 0 Å². The van der Waals surface area contributed by atoms with Crippen molar-refractivity contribution in [3.63, 3.8) is 0 Å². The van der Waals surface area contributed by atoms with Crippen LogP contribution in [0.4, 0.5) is 0 Å². The lowest BCUT2D eigenvalue weighted by atomic mass is 10.0. The van der Waals surface area contributed by atoms with Crippen molar-refractivity contribution in [2.45, 2.75) is 180 Å². The maximum absolute atomic E-state index is 10.0. The molecule has 3 saturated heterocycles. The summed E-state index contributed by atoms with van der Waals surface area (Å²) < 4.78 is 32.9. The Kier molecular flexibility index (Phi) is 19.8. The molecule has 42 heavy (non-hydrogen) atoms. The highest BCUT2D eigenvalue weighted by atomic mass is 16.8. The van der Waals surface area contributed by atoms with Crippen LogP contribution in [0.3, 0.4) is 0 Å². The van der Waals surface area contributed by atoms with E-state index in [1.165, 1.54) is 38.5 Å². The van der Waals surface area contributed by atoms with Gasteiger partial charge < -0.3 is 43.4 Å². The Balaban J connectivity index is 0.000000340. The standard InChI is InChI=1S/C17H34O3.C8H16O3.C8H14O3/c1-4-5-6-7-8-9-10-11-15(18)12-13-16-14-19-17(2,3)20-16;2*1-8(2)10-6-7(11-8)4-3-5-9/h15-16,18H,4-14H2,1-3H3;7,9H,3-6H2,1-2H3;5,7H,3-4,6H2,1-2H3/t;2*7-/m.00/s1. The van der Waals surface area contributed by atoms with Crippen molar-refractivity contribution in [3.05, 3.63) is 0 Å². The van der Waals surface area contributed by atoms with E-state index in [0.717, 1.165) is 51.2 Å². The molecule has 3 aliphatic rings. The van der Waals surface area contributed by atoms with Gasteiger partial charge in [-0.25, -0.2) is 0 Å². The van der Waals surface area contributed by atoms with Gasteiger partial charge in [-0.2, -0.15) is 0 Å². The third-order valence-electron chi connectivity index (χ3n) is 7.46. The number of aldehydes is 1. The Morgan fingerprint density at radius 3 is 1.55 bits per heavy atom. The van der Waals surface area contributed by atoms with E-state index in [4.69, 9.17) is 33.5 Å². The van der Waals surface area contributed by atoms with E-state index in [1.807, 2.05) is 41.5 Å². The van der Waals surface area contributed by atoms with Gasteiger partial charge in [-0.15, -0.1) is 0 Å². The highest BCUT2D eigenvalue weighted by molar-refractivity contribution is 5.49. The van der Waals surface area contributed by atoms with Gasteiger partial charge in [0.05, 0.1) is 44.2 Å². The van der Waals surface area contributed by atoms with Gasteiger partial charge in [0, 0.05) is 13.0 Å². The number of rotatable bonds is 17. The molecule has 0 saturated carbocycles. The first-order valence-electron chi connectivity index (χ1n) is 16.5. The number of aliphatic hydroxyl groups excluding tert-OH is 2. The van der Waals surface area contributed by atoms with Crippen LogP contribution in [0.25, 0.3) is 0 Å². The number of carbonyl (C=O) groups is 1. The Morgan fingerprint density at radius 2 is 1.12 bits per heavy atom. The average Bonchev–Trinajstić information content (AvgIpc) is 3.59. The molecule has 3 rings (SSSR count). The minimum absolute atomic E-state index is 0.107. The minimum atomic E-state index is -0.451. The fourth-order valence-corrected chi connectivity index (χ4v) is 5.15. The Labute approximate surface area is 256 Å². The molecule has 2 N–H and O–H groups in total. The molecule has 0 aliphatic carbocycles. The zero-order chi connectivity index (χ0) is 31.5. The fraction of sp³-hybridized carbons (Fsp3) is 0.970. The second-order valence-electron chi connectivity index (χ2n) is 13.1. The van der Waals surface area contributed by atoms with E-state index in [0.29, 0.717) is 26.2 Å². The Morgan fingerprint density at radius 1 is 0.667 bits per heavy atom. The molecule has 2 unspecified atom stereocenters. The van der Waals surface area contributed by atoms with Crippen LogP contribution in [-0.4, -0.2) is 84.7 Å². The van der Waals surface area contributed by atoms with Crippen LogP contribution in [0.15, 0.2) is 0 Å². The Hall–Kier alpha value is -0.650. The molecule has 4 atom stereocenters. The van der Waals surface area contributed by atoms with Gasteiger partial charge >= 0.3 is 0 Å². The van der Waals surface area contributed by atoms with Crippen molar-refractivity contribution < 1.29 is 43.4 Å². The third kappa shape index (κ3) is 19.6. The average molecular weight is 605 g/mol. The summed E-state index contributed by atoms with van der Waals surface area (Å²) in [6, 6.07) is 0. The number of unbranched alkanes of at least 4 members (excludes halogenated alkanes) is 6. The molecule has 0 aromatic rings. The normalized spacial score (nSPS) is 26.2. The quantitative estimate of drug-likeness (QED) is 0.143. The predicted octanol–water partition coefficient (Wildman–Crippen LogP) is 6.45. The zero-order valence-electron chi connectivity index (χ0n) is 27.9. The summed E-state index contributed by atoms with van der Waals surface area (Å²) in [5.41, 5.74) is 0. The summed E-state index contributed by atoms with van der Waals surface area (Å²) in [5, 5.41) is 18.5. The molecule has 0 aromatic carbocycles. The summed E-state index contributed by atoms with van der Waals surface area (Å²) in [4.78, 5) is 10.0. The SMILES string of the molecule is CC1(C)OC[C@H](CCC=O)O1.CC1(C)OC[C@H](CCCO)O1.CCCCCCCCCC(O)CCC1COC(C)(C)O1. The first-order chi connectivity index (χ1) is 19.8. The first-order valence-corrected chi connectivity index (χ1v) is 16.5. The van der Waals surface area contributed by atoms with Crippen LogP contribution in [-0.2, 0) is 33.2 Å². The van der Waals surface area contributed by atoms with Gasteiger partial charge in [-0.05, 0) is 80.1 Å². The van der Waals surface area contributed by atoms with Gasteiger partial charge in [0.15, 0.2) is 17.4 Å². The van der Waals surface area contributed by atoms with Crippen LogP contribution >= 0.6 is 0 Å². The molecule has 3 heterocycles. The topological polar surface area (TPSA) is 113 Å². The molecule has 0 amide bonds. The summed E-state index contributed by atoms with van der Waals surface area (Å²) in [6.07, 6.45) is 16.0. The van der Waals surface area contributed by atoms with Crippen LogP contribution in [0.5, 0.6) is 0 Å². The second-order valence-corrected chi connectivity index (χ2v) is 13.1.